The molecule has 21 heavy (non-hydrogen) atoms. The van der Waals surface area contributed by atoms with Crippen LogP contribution in [-0.4, -0.2) is 10.8 Å². The Hall–Kier alpha value is -2.28. The van der Waals surface area contributed by atoms with Crippen molar-refractivity contribution in [2.75, 3.05) is 5.32 Å². The second-order valence-corrected chi connectivity index (χ2v) is 5.19. The van der Waals surface area contributed by atoms with Crippen molar-refractivity contribution in [3.8, 4) is 0 Å². The summed E-state index contributed by atoms with van der Waals surface area (Å²) in [5, 5.41) is 13.4. The monoisotopic (exact) mass is 352 g/mol. The third kappa shape index (κ3) is 3.43. The summed E-state index contributed by atoms with van der Waals surface area (Å²) in [5.41, 5.74) is 0.643. The minimum absolute atomic E-state index is 0.193. The summed E-state index contributed by atoms with van der Waals surface area (Å²) in [7, 11) is 0. The normalized spacial score (nSPS) is 10.2. The van der Waals surface area contributed by atoms with E-state index in [9.17, 15) is 19.3 Å². The molecule has 0 aliphatic rings. The average molecular weight is 353 g/mol. The minimum atomic E-state index is -0.787. The molecular formula is C14H10BrFN2O3. The molecule has 0 aromatic heterocycles. The van der Waals surface area contributed by atoms with E-state index in [1.54, 1.807) is 18.2 Å². The van der Waals surface area contributed by atoms with E-state index in [2.05, 4.69) is 21.2 Å². The average Bonchev–Trinajstić information content (AvgIpc) is 2.42. The summed E-state index contributed by atoms with van der Waals surface area (Å²) in [6.45, 7) is 1.85. The first-order valence-electron chi connectivity index (χ1n) is 5.90. The Morgan fingerprint density at radius 2 is 2.00 bits per heavy atom. The van der Waals surface area contributed by atoms with Crippen LogP contribution in [-0.2, 0) is 0 Å². The van der Waals surface area contributed by atoms with Crippen LogP contribution in [0.4, 0.5) is 15.8 Å². The fourth-order valence-corrected chi connectivity index (χ4v) is 2.02. The molecule has 7 heteroatoms. The van der Waals surface area contributed by atoms with Gasteiger partial charge in [0.2, 0.25) is 0 Å². The second kappa shape index (κ2) is 6.01. The van der Waals surface area contributed by atoms with Crippen LogP contribution >= 0.6 is 15.9 Å². The molecule has 0 unspecified atom stereocenters. The van der Waals surface area contributed by atoms with E-state index < -0.39 is 22.3 Å². The highest BCUT2D eigenvalue weighted by Crippen LogP contribution is 2.23. The number of hydrogen-bond acceptors (Lipinski definition) is 3. The van der Waals surface area contributed by atoms with E-state index in [4.69, 9.17) is 0 Å². The van der Waals surface area contributed by atoms with Crippen LogP contribution in [0.3, 0.4) is 0 Å². The van der Waals surface area contributed by atoms with Gasteiger partial charge in [-0.15, -0.1) is 0 Å². The molecule has 2 aromatic rings. The molecule has 0 bridgehead atoms. The Morgan fingerprint density at radius 1 is 1.29 bits per heavy atom. The summed E-state index contributed by atoms with van der Waals surface area (Å²) in [6.07, 6.45) is 0. The van der Waals surface area contributed by atoms with E-state index in [0.717, 1.165) is 28.2 Å². The van der Waals surface area contributed by atoms with Crippen LogP contribution in [0.5, 0.6) is 0 Å². The Bertz CT molecular complexity index is 734. The molecule has 0 saturated heterocycles. The van der Waals surface area contributed by atoms with Crippen molar-refractivity contribution < 1.29 is 14.1 Å². The van der Waals surface area contributed by atoms with Crippen LogP contribution < -0.4 is 5.32 Å². The first-order valence-corrected chi connectivity index (χ1v) is 6.69. The van der Waals surface area contributed by atoms with Crippen molar-refractivity contribution in [3.05, 3.63) is 67.9 Å². The number of carbonyl (C=O) groups excluding carboxylic acids is 1. The lowest BCUT2D eigenvalue weighted by Gasteiger charge is -2.07. The van der Waals surface area contributed by atoms with Gasteiger partial charge in [0.05, 0.1) is 11.0 Å². The van der Waals surface area contributed by atoms with Crippen molar-refractivity contribution in [1.82, 2.24) is 0 Å². The quantitative estimate of drug-likeness (QED) is 0.668. The molecule has 1 N–H and O–H groups in total. The Labute approximate surface area is 128 Å². The second-order valence-electron chi connectivity index (χ2n) is 4.34. The van der Waals surface area contributed by atoms with Gasteiger partial charge in [0.15, 0.2) is 0 Å². The number of aryl methyl sites for hydroxylation is 1. The largest absolute Gasteiger partial charge is 0.322 e. The third-order valence-corrected chi connectivity index (χ3v) is 3.71. The number of nitro benzene ring substituents is 1. The van der Waals surface area contributed by atoms with Crippen LogP contribution in [0, 0.1) is 22.9 Å². The number of halogens is 2. The number of nitrogens with one attached hydrogen (secondary N) is 1. The molecule has 1 amide bonds. The maximum Gasteiger partial charge on any atom is 0.285 e. The van der Waals surface area contributed by atoms with Crippen molar-refractivity contribution in [2.45, 2.75) is 6.92 Å². The fourth-order valence-electron chi connectivity index (χ4n) is 1.77. The van der Waals surface area contributed by atoms with E-state index in [-0.39, 0.29) is 5.56 Å². The lowest BCUT2D eigenvalue weighted by Crippen LogP contribution is -2.14. The van der Waals surface area contributed by atoms with E-state index >= 15 is 0 Å². The molecule has 108 valence electrons. The van der Waals surface area contributed by atoms with E-state index in [1.165, 1.54) is 0 Å². The summed E-state index contributed by atoms with van der Waals surface area (Å²) in [4.78, 5) is 22.2. The topological polar surface area (TPSA) is 72.2 Å². The van der Waals surface area contributed by atoms with Gasteiger partial charge in [0.1, 0.15) is 11.4 Å². The summed E-state index contributed by atoms with van der Waals surface area (Å²) >= 11 is 3.34. The molecule has 0 aliphatic carbocycles. The van der Waals surface area contributed by atoms with E-state index in [0.29, 0.717) is 5.69 Å². The van der Waals surface area contributed by atoms with Gasteiger partial charge in [-0.3, -0.25) is 14.9 Å². The van der Waals surface area contributed by atoms with Gasteiger partial charge < -0.3 is 5.32 Å². The van der Waals surface area contributed by atoms with Gasteiger partial charge in [-0.2, -0.15) is 0 Å². The molecule has 0 radical (unpaired) electrons. The molecule has 2 aromatic carbocycles. The predicted molar refractivity (Wildman–Crippen MR) is 79.9 cm³/mol. The van der Waals surface area contributed by atoms with Gasteiger partial charge in [0.25, 0.3) is 11.6 Å². The van der Waals surface area contributed by atoms with E-state index in [1.807, 2.05) is 6.92 Å². The number of rotatable bonds is 3. The highest BCUT2D eigenvalue weighted by molar-refractivity contribution is 9.10. The first kappa shape index (κ1) is 15.1. The minimum Gasteiger partial charge on any atom is -0.322 e. The summed E-state index contributed by atoms with van der Waals surface area (Å²) < 4.78 is 13.9. The molecule has 2 rings (SSSR count). The Balaban J connectivity index is 2.32. The number of hydrogen-bond donors (Lipinski definition) is 1. The van der Waals surface area contributed by atoms with Crippen LogP contribution in [0.2, 0.25) is 0 Å². The summed E-state index contributed by atoms with van der Waals surface area (Å²) in [5.74, 6) is -1.43. The van der Waals surface area contributed by atoms with Crippen molar-refractivity contribution in [1.29, 1.82) is 0 Å². The third-order valence-electron chi connectivity index (χ3n) is 2.82. The number of carbonyl (C=O) groups is 1. The SMILES string of the molecule is Cc1cc(NC(=O)c2ccc(F)cc2[N+](=O)[O-])ccc1Br. The molecule has 0 heterocycles. The molecule has 0 spiro atoms. The van der Waals surface area contributed by atoms with Gasteiger partial charge in [0, 0.05) is 10.2 Å². The molecule has 5 nitrogen and oxygen atoms in total. The number of anilines is 1. The number of nitrogens with zero attached hydrogens (tertiary/aromatic N) is 1. The predicted octanol–water partition coefficient (Wildman–Crippen LogP) is 4.06. The zero-order valence-electron chi connectivity index (χ0n) is 10.9. The zero-order chi connectivity index (χ0) is 15.6. The van der Waals surface area contributed by atoms with Gasteiger partial charge in [-0.25, -0.2) is 4.39 Å². The highest BCUT2D eigenvalue weighted by atomic mass is 79.9. The standard InChI is InChI=1S/C14H10BrFN2O3/c1-8-6-10(3-5-12(8)15)17-14(19)11-4-2-9(16)7-13(11)18(20)21/h2-7H,1H3,(H,17,19). The molecular weight excluding hydrogens is 343 g/mol. The Kier molecular flexibility index (Phi) is 4.32. The smallest absolute Gasteiger partial charge is 0.285 e. The highest BCUT2D eigenvalue weighted by Gasteiger charge is 2.21. The lowest BCUT2D eigenvalue weighted by atomic mass is 10.1. The summed E-state index contributed by atoms with van der Waals surface area (Å²) in [6, 6.07) is 7.96. The van der Waals surface area contributed by atoms with Crippen LogP contribution in [0.15, 0.2) is 40.9 Å². The molecule has 0 atom stereocenters. The van der Waals surface area contributed by atoms with Crippen molar-refractivity contribution >= 4 is 33.2 Å². The van der Waals surface area contributed by atoms with Crippen LogP contribution in [0.1, 0.15) is 15.9 Å². The fraction of sp³-hybridized carbons (Fsp3) is 0.0714. The lowest BCUT2D eigenvalue weighted by molar-refractivity contribution is -0.385. The van der Waals surface area contributed by atoms with Gasteiger partial charge in [-0.05, 0) is 42.8 Å². The van der Waals surface area contributed by atoms with Gasteiger partial charge in [-0.1, -0.05) is 15.9 Å². The molecule has 0 saturated carbocycles. The first-order chi connectivity index (χ1) is 9.88. The van der Waals surface area contributed by atoms with Crippen molar-refractivity contribution in [2.24, 2.45) is 0 Å². The molecule has 0 fully saturated rings. The maximum atomic E-state index is 13.1. The van der Waals surface area contributed by atoms with Crippen LogP contribution in [0.25, 0.3) is 0 Å². The van der Waals surface area contributed by atoms with Crippen molar-refractivity contribution in [3.63, 3.8) is 0 Å². The number of nitro groups is 1. The zero-order valence-corrected chi connectivity index (χ0v) is 12.5. The number of benzene rings is 2. The number of amides is 1. The Morgan fingerprint density at radius 3 is 2.62 bits per heavy atom. The van der Waals surface area contributed by atoms with Gasteiger partial charge >= 0.3 is 0 Å². The molecule has 0 aliphatic heterocycles. The maximum absolute atomic E-state index is 13.1.